The Morgan fingerprint density at radius 2 is 2.00 bits per heavy atom. The van der Waals surface area contributed by atoms with Crippen molar-refractivity contribution < 1.29 is 23.1 Å². The molecule has 5 nitrogen and oxygen atoms in total. The van der Waals surface area contributed by atoms with Gasteiger partial charge in [-0.05, 0) is 6.58 Å². The second-order valence-electron chi connectivity index (χ2n) is 0.917. The Labute approximate surface area is 45.9 Å². The summed E-state index contributed by atoms with van der Waals surface area (Å²) >= 11 is 0. The fourth-order valence-electron chi connectivity index (χ4n) is 0.0456. The molecule has 0 spiro atoms. The lowest BCUT2D eigenvalue weighted by atomic mass is 11.2. The summed E-state index contributed by atoms with van der Waals surface area (Å²) < 4.78 is 28.9. The molecule has 0 unspecified atom stereocenters. The number of rotatable bonds is 2. The van der Waals surface area contributed by atoms with E-state index in [0.29, 0.717) is 0 Å². The minimum atomic E-state index is -4.67. The first-order valence-corrected chi connectivity index (χ1v) is 2.85. The molecule has 0 aromatic heterocycles. The largest absolute Gasteiger partial charge is 0.360 e. The minimum absolute atomic E-state index is 1.20. The van der Waals surface area contributed by atoms with E-state index in [-0.39, 0.29) is 0 Å². The van der Waals surface area contributed by atoms with Crippen molar-refractivity contribution >= 4 is 10.1 Å². The third-order valence-corrected chi connectivity index (χ3v) is 1.01. The molecule has 0 aliphatic carbocycles. The van der Waals surface area contributed by atoms with Gasteiger partial charge in [0.05, 0.1) is 0 Å². The van der Waals surface area contributed by atoms with Crippen molar-refractivity contribution in [3.05, 3.63) is 11.7 Å². The topological polar surface area (TPSA) is 83.5 Å². The van der Waals surface area contributed by atoms with Crippen LogP contribution in [0.2, 0.25) is 0 Å². The first-order chi connectivity index (χ1) is 3.48. The van der Waals surface area contributed by atoms with Gasteiger partial charge in [-0.2, -0.15) is 8.42 Å². The van der Waals surface area contributed by atoms with Gasteiger partial charge in [0.2, 0.25) is 0 Å². The monoisotopic (exact) mass is 139 g/mol. The van der Waals surface area contributed by atoms with Crippen molar-refractivity contribution in [2.45, 2.75) is 0 Å². The molecule has 0 rings (SSSR count). The second-order valence-corrected chi connectivity index (χ2v) is 2.28. The SMILES string of the molecule is C=C(OO)S([O])(=O)=O. The van der Waals surface area contributed by atoms with Gasteiger partial charge in [-0.25, -0.2) is 5.26 Å². The van der Waals surface area contributed by atoms with E-state index in [0.717, 1.165) is 0 Å². The van der Waals surface area contributed by atoms with Gasteiger partial charge in [-0.15, -0.1) is 0 Å². The van der Waals surface area contributed by atoms with Gasteiger partial charge >= 0.3 is 10.1 Å². The summed E-state index contributed by atoms with van der Waals surface area (Å²) in [5.74, 6) is 0. The van der Waals surface area contributed by atoms with E-state index in [1.54, 1.807) is 0 Å². The predicted octanol–water partition coefficient (Wildman–Crippen LogP) is -0.293. The molecule has 0 saturated carbocycles. The van der Waals surface area contributed by atoms with Crippen LogP contribution in [0.5, 0.6) is 0 Å². The lowest BCUT2D eigenvalue weighted by Crippen LogP contribution is -1.99. The fourth-order valence-corrected chi connectivity index (χ4v) is 0.137. The lowest BCUT2D eigenvalue weighted by Gasteiger charge is -1.90. The van der Waals surface area contributed by atoms with Crippen LogP contribution in [0.1, 0.15) is 0 Å². The molecule has 0 bridgehead atoms. The van der Waals surface area contributed by atoms with Gasteiger partial charge < -0.3 is 4.89 Å². The standard InChI is InChI=1S/C2H3O5S/c1-2(7-3)8(4,5)6/h3H,1H2. The normalized spacial score (nSPS) is 10.8. The van der Waals surface area contributed by atoms with Crippen molar-refractivity contribution in [3.63, 3.8) is 0 Å². The average Bonchev–Trinajstić information content (AvgIpc) is 1.62. The Hall–Kier alpha value is -0.590. The van der Waals surface area contributed by atoms with Crippen LogP contribution in [-0.4, -0.2) is 13.7 Å². The number of hydrogen-bond donors (Lipinski definition) is 1. The molecular weight excluding hydrogens is 136 g/mol. The molecule has 0 amide bonds. The molecule has 0 saturated heterocycles. The van der Waals surface area contributed by atoms with Gasteiger partial charge in [-0.1, -0.05) is 4.55 Å². The third-order valence-electron chi connectivity index (χ3n) is 0.381. The number of hydrogen-bond acceptors (Lipinski definition) is 4. The quantitative estimate of drug-likeness (QED) is 0.323. The van der Waals surface area contributed by atoms with Crippen molar-refractivity contribution in [2.75, 3.05) is 0 Å². The van der Waals surface area contributed by atoms with Gasteiger partial charge in [0.25, 0.3) is 5.09 Å². The van der Waals surface area contributed by atoms with E-state index < -0.39 is 15.2 Å². The smallest absolute Gasteiger partial charge is 0.326 e. The van der Waals surface area contributed by atoms with Crippen LogP contribution in [0.4, 0.5) is 0 Å². The maximum absolute atomic E-state index is 9.62. The molecule has 0 atom stereocenters. The highest BCUT2D eigenvalue weighted by atomic mass is 32.2. The van der Waals surface area contributed by atoms with E-state index in [1.165, 1.54) is 0 Å². The van der Waals surface area contributed by atoms with Crippen molar-refractivity contribution in [2.24, 2.45) is 0 Å². The maximum Gasteiger partial charge on any atom is 0.360 e. The zero-order chi connectivity index (χ0) is 6.78. The highest BCUT2D eigenvalue weighted by Gasteiger charge is 2.13. The van der Waals surface area contributed by atoms with Crippen LogP contribution in [0.25, 0.3) is 0 Å². The van der Waals surface area contributed by atoms with Crippen LogP contribution in [0.3, 0.4) is 0 Å². The maximum atomic E-state index is 9.62. The van der Waals surface area contributed by atoms with Crippen LogP contribution in [0.15, 0.2) is 11.7 Å². The first kappa shape index (κ1) is 7.41. The summed E-state index contributed by atoms with van der Waals surface area (Å²) in [4.78, 5) is 3.02. The molecular formula is C2H3O5S. The summed E-state index contributed by atoms with van der Waals surface area (Å²) in [5, 5.41) is 6.29. The molecule has 0 aliphatic rings. The van der Waals surface area contributed by atoms with E-state index in [2.05, 4.69) is 11.5 Å². The average molecular weight is 139 g/mol. The first-order valence-electron chi connectivity index (χ1n) is 1.44. The predicted molar refractivity (Wildman–Crippen MR) is 22.5 cm³/mol. The molecule has 6 heteroatoms. The Morgan fingerprint density at radius 1 is 1.62 bits per heavy atom. The van der Waals surface area contributed by atoms with Crippen LogP contribution in [-0.2, 0) is 19.6 Å². The fraction of sp³-hybridized carbons (Fsp3) is 0. The van der Waals surface area contributed by atoms with Gasteiger partial charge in [0.1, 0.15) is 0 Å². The summed E-state index contributed by atoms with van der Waals surface area (Å²) in [6.07, 6.45) is 0. The van der Waals surface area contributed by atoms with E-state index in [1.807, 2.05) is 0 Å². The molecule has 0 aromatic rings. The molecule has 1 radical (unpaired) electrons. The minimum Gasteiger partial charge on any atom is -0.326 e. The van der Waals surface area contributed by atoms with Gasteiger partial charge in [0.15, 0.2) is 0 Å². The Bertz CT molecular complexity index is 177. The van der Waals surface area contributed by atoms with Crippen molar-refractivity contribution in [1.29, 1.82) is 0 Å². The Morgan fingerprint density at radius 3 is 2.00 bits per heavy atom. The molecule has 8 heavy (non-hydrogen) atoms. The summed E-state index contributed by atoms with van der Waals surface area (Å²) in [5.41, 5.74) is 0. The van der Waals surface area contributed by atoms with Gasteiger partial charge in [0, 0.05) is 0 Å². The van der Waals surface area contributed by atoms with Crippen LogP contribution < -0.4 is 0 Å². The molecule has 0 fully saturated rings. The summed E-state index contributed by atoms with van der Waals surface area (Å²) in [7, 11) is -4.67. The summed E-state index contributed by atoms with van der Waals surface area (Å²) in [6, 6.07) is 0. The Kier molecular flexibility index (Phi) is 1.96. The zero-order valence-electron chi connectivity index (χ0n) is 3.70. The Balaban J connectivity index is 4.29. The van der Waals surface area contributed by atoms with E-state index in [4.69, 9.17) is 5.26 Å². The van der Waals surface area contributed by atoms with Crippen molar-refractivity contribution in [3.8, 4) is 0 Å². The molecule has 0 aromatic carbocycles. The highest BCUT2D eigenvalue weighted by Crippen LogP contribution is 1.98. The third kappa shape index (κ3) is 1.92. The molecule has 1 N–H and O–H groups in total. The molecule has 0 aliphatic heterocycles. The molecule has 0 heterocycles. The second kappa shape index (κ2) is 2.12. The van der Waals surface area contributed by atoms with Crippen LogP contribution in [0, 0.1) is 0 Å². The highest BCUT2D eigenvalue weighted by molar-refractivity contribution is 7.89. The van der Waals surface area contributed by atoms with E-state index in [9.17, 15) is 13.0 Å². The lowest BCUT2D eigenvalue weighted by molar-refractivity contribution is -0.193. The van der Waals surface area contributed by atoms with Crippen LogP contribution >= 0.6 is 0 Å². The van der Waals surface area contributed by atoms with E-state index >= 15 is 0 Å². The molecule has 47 valence electrons. The summed E-state index contributed by atoms with van der Waals surface area (Å²) in [6.45, 7) is 2.57. The zero-order valence-corrected chi connectivity index (χ0v) is 4.51. The van der Waals surface area contributed by atoms with Gasteiger partial charge in [-0.3, -0.25) is 0 Å². The van der Waals surface area contributed by atoms with Crippen molar-refractivity contribution in [1.82, 2.24) is 0 Å².